The number of rotatable bonds is 3. The molecule has 21 heavy (non-hydrogen) atoms. The SMILES string of the molecule is Nc1cc(-c2ccc(C(=O)O)c(N=O)c2)n2ccccc12. The average molecular weight is 281 g/mol. The number of anilines is 1. The van der Waals surface area contributed by atoms with Gasteiger partial charge in [-0.1, -0.05) is 12.1 Å². The van der Waals surface area contributed by atoms with Gasteiger partial charge in [0.25, 0.3) is 0 Å². The number of hydrogen-bond donors (Lipinski definition) is 2. The fraction of sp³-hybridized carbons (Fsp3) is 0. The van der Waals surface area contributed by atoms with E-state index in [1.165, 1.54) is 12.1 Å². The molecule has 0 unspecified atom stereocenters. The molecule has 6 nitrogen and oxygen atoms in total. The highest BCUT2D eigenvalue weighted by Crippen LogP contribution is 2.31. The number of hydrogen-bond acceptors (Lipinski definition) is 4. The van der Waals surface area contributed by atoms with E-state index in [0.29, 0.717) is 11.3 Å². The number of carbonyl (C=O) groups is 1. The normalized spacial score (nSPS) is 10.7. The van der Waals surface area contributed by atoms with Crippen molar-refractivity contribution in [2.75, 3.05) is 5.73 Å². The standard InChI is InChI=1S/C15H11N3O3/c16-11-8-14(18-6-2-1-3-13(11)18)9-4-5-10(15(19)20)12(7-9)17-21/h1-8H,16H2,(H,19,20). The molecule has 2 heterocycles. The largest absolute Gasteiger partial charge is 0.478 e. The molecule has 6 heteroatoms. The quantitative estimate of drug-likeness (QED) is 0.720. The van der Waals surface area contributed by atoms with E-state index in [0.717, 1.165) is 11.2 Å². The Morgan fingerprint density at radius 3 is 2.71 bits per heavy atom. The van der Waals surface area contributed by atoms with E-state index in [9.17, 15) is 9.70 Å². The van der Waals surface area contributed by atoms with Crippen molar-refractivity contribution >= 4 is 22.9 Å². The predicted octanol–water partition coefficient (Wildman–Crippen LogP) is 3.28. The van der Waals surface area contributed by atoms with Gasteiger partial charge in [0.2, 0.25) is 0 Å². The van der Waals surface area contributed by atoms with E-state index in [4.69, 9.17) is 10.8 Å². The van der Waals surface area contributed by atoms with Crippen LogP contribution in [0.5, 0.6) is 0 Å². The first-order valence-electron chi connectivity index (χ1n) is 6.18. The molecule has 0 atom stereocenters. The number of aromatic carboxylic acids is 1. The Balaban J connectivity index is 2.24. The third-order valence-corrected chi connectivity index (χ3v) is 3.33. The number of nitroso groups, excluding NO2 is 1. The van der Waals surface area contributed by atoms with Gasteiger partial charge in [0.1, 0.15) is 5.69 Å². The smallest absolute Gasteiger partial charge is 0.338 e. The molecule has 3 rings (SSSR count). The number of nitrogens with zero attached hydrogens (tertiary/aromatic N) is 2. The van der Waals surface area contributed by atoms with Crippen molar-refractivity contribution in [2.45, 2.75) is 0 Å². The summed E-state index contributed by atoms with van der Waals surface area (Å²) in [5.74, 6) is -1.18. The second-order valence-corrected chi connectivity index (χ2v) is 4.57. The zero-order valence-electron chi connectivity index (χ0n) is 10.9. The van der Waals surface area contributed by atoms with Crippen molar-refractivity contribution in [1.82, 2.24) is 4.40 Å². The Hall–Kier alpha value is -3.15. The van der Waals surface area contributed by atoms with Crippen LogP contribution in [0.25, 0.3) is 16.8 Å². The molecule has 0 saturated carbocycles. The van der Waals surface area contributed by atoms with Gasteiger partial charge in [-0.2, -0.15) is 0 Å². The van der Waals surface area contributed by atoms with Crippen molar-refractivity contribution in [3.63, 3.8) is 0 Å². The Kier molecular flexibility index (Phi) is 2.91. The lowest BCUT2D eigenvalue weighted by Gasteiger charge is -2.05. The lowest BCUT2D eigenvalue weighted by Crippen LogP contribution is -1.97. The second-order valence-electron chi connectivity index (χ2n) is 4.57. The first-order chi connectivity index (χ1) is 10.1. The first kappa shape index (κ1) is 12.9. The minimum atomic E-state index is -1.18. The number of aromatic nitrogens is 1. The molecule has 0 amide bonds. The van der Waals surface area contributed by atoms with Crippen LogP contribution in [0.2, 0.25) is 0 Å². The molecule has 3 N–H and O–H groups in total. The van der Waals surface area contributed by atoms with Crippen LogP contribution < -0.4 is 5.73 Å². The van der Waals surface area contributed by atoms with E-state index in [1.807, 2.05) is 28.8 Å². The van der Waals surface area contributed by atoms with Gasteiger partial charge < -0.3 is 15.2 Å². The van der Waals surface area contributed by atoms with Gasteiger partial charge in [0, 0.05) is 11.8 Å². The van der Waals surface area contributed by atoms with E-state index in [2.05, 4.69) is 5.18 Å². The number of carboxylic acid groups (broad SMARTS) is 1. The van der Waals surface area contributed by atoms with Gasteiger partial charge in [-0.25, -0.2) is 4.79 Å². The number of nitrogens with two attached hydrogens (primary N) is 1. The van der Waals surface area contributed by atoms with Gasteiger partial charge in [-0.05, 0) is 35.5 Å². The number of nitrogen functional groups attached to an aromatic ring is 1. The van der Waals surface area contributed by atoms with Crippen LogP contribution in [0.3, 0.4) is 0 Å². The first-order valence-corrected chi connectivity index (χ1v) is 6.18. The van der Waals surface area contributed by atoms with Crippen LogP contribution in [0.4, 0.5) is 11.4 Å². The van der Waals surface area contributed by atoms with Crippen molar-refractivity contribution in [3.8, 4) is 11.3 Å². The van der Waals surface area contributed by atoms with E-state index >= 15 is 0 Å². The molecular formula is C15H11N3O3. The van der Waals surface area contributed by atoms with Crippen molar-refractivity contribution in [1.29, 1.82) is 0 Å². The molecule has 0 aliphatic heterocycles. The van der Waals surface area contributed by atoms with Gasteiger partial charge in [0.15, 0.2) is 0 Å². The van der Waals surface area contributed by atoms with Gasteiger partial charge in [-0.15, -0.1) is 4.91 Å². The summed E-state index contributed by atoms with van der Waals surface area (Å²) in [5.41, 5.74) is 8.62. The molecule has 3 aromatic rings. The minimum Gasteiger partial charge on any atom is -0.478 e. The number of benzene rings is 1. The van der Waals surface area contributed by atoms with Gasteiger partial charge >= 0.3 is 5.97 Å². The van der Waals surface area contributed by atoms with Crippen LogP contribution in [0.1, 0.15) is 10.4 Å². The van der Waals surface area contributed by atoms with Crippen LogP contribution in [-0.4, -0.2) is 15.5 Å². The lowest BCUT2D eigenvalue weighted by atomic mass is 10.1. The summed E-state index contributed by atoms with van der Waals surface area (Å²) in [6.07, 6.45) is 1.85. The van der Waals surface area contributed by atoms with Crippen LogP contribution in [0.15, 0.2) is 53.8 Å². The minimum absolute atomic E-state index is 0.107. The van der Waals surface area contributed by atoms with Crippen molar-refractivity contribution in [2.24, 2.45) is 5.18 Å². The van der Waals surface area contributed by atoms with Crippen molar-refractivity contribution < 1.29 is 9.90 Å². The highest BCUT2D eigenvalue weighted by molar-refractivity contribution is 5.94. The average Bonchev–Trinajstić information content (AvgIpc) is 2.84. The molecule has 0 bridgehead atoms. The summed E-state index contributed by atoms with van der Waals surface area (Å²) in [4.78, 5) is 21.9. The van der Waals surface area contributed by atoms with E-state index in [1.54, 1.807) is 12.1 Å². The van der Waals surface area contributed by atoms with Gasteiger partial charge in [0.05, 0.1) is 22.5 Å². The number of pyridine rings is 1. The molecule has 0 fully saturated rings. The zero-order chi connectivity index (χ0) is 15.0. The molecule has 0 aliphatic rings. The Labute approximate surface area is 119 Å². The lowest BCUT2D eigenvalue weighted by molar-refractivity contribution is 0.0698. The molecule has 104 valence electrons. The Morgan fingerprint density at radius 2 is 2.00 bits per heavy atom. The summed E-state index contributed by atoms with van der Waals surface area (Å²) in [6, 6.07) is 11.8. The second kappa shape index (κ2) is 4.75. The molecule has 1 aromatic carbocycles. The van der Waals surface area contributed by atoms with E-state index < -0.39 is 5.97 Å². The highest BCUT2D eigenvalue weighted by atomic mass is 16.4. The van der Waals surface area contributed by atoms with Crippen LogP contribution in [-0.2, 0) is 0 Å². The van der Waals surface area contributed by atoms with Gasteiger partial charge in [-0.3, -0.25) is 0 Å². The maximum atomic E-state index is 11.0. The molecule has 0 saturated heterocycles. The number of fused-ring (bicyclic) bond motifs is 1. The van der Waals surface area contributed by atoms with E-state index in [-0.39, 0.29) is 11.3 Å². The molecule has 0 spiro atoms. The third-order valence-electron chi connectivity index (χ3n) is 3.33. The summed E-state index contributed by atoms with van der Waals surface area (Å²) in [7, 11) is 0. The molecule has 2 aromatic heterocycles. The predicted molar refractivity (Wildman–Crippen MR) is 79.7 cm³/mol. The molecule has 0 aliphatic carbocycles. The topological polar surface area (TPSA) is 97.2 Å². The summed E-state index contributed by atoms with van der Waals surface area (Å²) in [5, 5.41) is 11.8. The van der Waals surface area contributed by atoms with Crippen LogP contribution >= 0.6 is 0 Å². The Bertz CT molecular complexity index is 868. The summed E-state index contributed by atoms with van der Waals surface area (Å²) >= 11 is 0. The summed E-state index contributed by atoms with van der Waals surface area (Å²) < 4.78 is 1.87. The molecule has 0 radical (unpaired) electrons. The maximum absolute atomic E-state index is 11.0. The molecular weight excluding hydrogens is 270 g/mol. The van der Waals surface area contributed by atoms with Crippen molar-refractivity contribution in [3.05, 3.63) is 59.1 Å². The third kappa shape index (κ3) is 2.02. The fourth-order valence-corrected chi connectivity index (χ4v) is 2.35. The Morgan fingerprint density at radius 1 is 1.19 bits per heavy atom. The highest BCUT2D eigenvalue weighted by Gasteiger charge is 2.14. The zero-order valence-corrected chi connectivity index (χ0v) is 10.9. The monoisotopic (exact) mass is 281 g/mol. The maximum Gasteiger partial charge on any atom is 0.338 e. The fourth-order valence-electron chi connectivity index (χ4n) is 2.35. The van der Waals surface area contributed by atoms with Crippen LogP contribution in [0, 0.1) is 4.91 Å². The summed E-state index contributed by atoms with van der Waals surface area (Å²) in [6.45, 7) is 0. The number of carboxylic acids is 1.